The van der Waals surface area contributed by atoms with Crippen LogP contribution in [-0.4, -0.2) is 45.6 Å². The Kier molecular flexibility index (Phi) is 5.15. The minimum atomic E-state index is -0.159. The van der Waals surface area contributed by atoms with Crippen LogP contribution in [0.4, 0.5) is 0 Å². The molecule has 1 saturated heterocycles. The molecular formula is C19H26N4O3. The van der Waals surface area contributed by atoms with Crippen LogP contribution in [0.2, 0.25) is 0 Å². The smallest absolute Gasteiger partial charge is 0.257 e. The van der Waals surface area contributed by atoms with Gasteiger partial charge >= 0.3 is 0 Å². The molecule has 7 heteroatoms. The quantitative estimate of drug-likeness (QED) is 0.889. The number of likely N-dealkylation sites (tertiary alicyclic amines) is 1. The van der Waals surface area contributed by atoms with Crippen LogP contribution >= 0.6 is 0 Å². The largest absolute Gasteiger partial charge is 0.466 e. The molecular weight excluding hydrogens is 332 g/mol. The van der Waals surface area contributed by atoms with E-state index in [1.54, 1.807) is 11.1 Å². The summed E-state index contributed by atoms with van der Waals surface area (Å²) in [5.74, 6) is 1.41. The molecule has 3 rings (SSSR count). The molecule has 1 aliphatic rings. The number of nitrogens with one attached hydrogen (secondary N) is 1. The molecule has 3 heterocycles. The molecule has 0 unspecified atom stereocenters. The van der Waals surface area contributed by atoms with Crippen LogP contribution in [0.25, 0.3) is 0 Å². The Labute approximate surface area is 153 Å². The van der Waals surface area contributed by atoms with Crippen LogP contribution in [0, 0.1) is 13.8 Å². The van der Waals surface area contributed by atoms with Crippen molar-refractivity contribution >= 4 is 11.8 Å². The van der Waals surface area contributed by atoms with E-state index in [1.165, 1.54) is 6.92 Å². The van der Waals surface area contributed by atoms with Gasteiger partial charge in [0.05, 0.1) is 23.7 Å². The van der Waals surface area contributed by atoms with Crippen molar-refractivity contribution in [3.05, 3.63) is 41.1 Å². The summed E-state index contributed by atoms with van der Waals surface area (Å²) in [5, 5.41) is 7.29. The summed E-state index contributed by atoms with van der Waals surface area (Å²) in [4.78, 5) is 26.4. The molecule has 0 radical (unpaired) electrons. The lowest BCUT2D eigenvalue weighted by Crippen LogP contribution is -2.39. The number of hydrogen-bond acceptors (Lipinski definition) is 4. The van der Waals surface area contributed by atoms with E-state index in [4.69, 9.17) is 4.42 Å². The summed E-state index contributed by atoms with van der Waals surface area (Å²) in [6.07, 6.45) is 2.61. The number of amides is 2. The number of hydrogen-bond donors (Lipinski definition) is 1. The average Bonchev–Trinajstić information content (AvgIpc) is 3.27. The van der Waals surface area contributed by atoms with Gasteiger partial charge in [0.1, 0.15) is 11.5 Å². The monoisotopic (exact) mass is 358 g/mol. The van der Waals surface area contributed by atoms with Gasteiger partial charge in [-0.2, -0.15) is 5.10 Å². The molecule has 2 atom stereocenters. The highest BCUT2D eigenvalue weighted by Gasteiger charge is 2.39. The fraction of sp³-hybridized carbons (Fsp3) is 0.526. The molecule has 26 heavy (non-hydrogen) atoms. The van der Waals surface area contributed by atoms with Crippen molar-refractivity contribution in [1.82, 2.24) is 20.0 Å². The Bertz CT molecular complexity index is 808. The number of furan rings is 1. The van der Waals surface area contributed by atoms with Crippen molar-refractivity contribution in [2.24, 2.45) is 0 Å². The van der Waals surface area contributed by atoms with Gasteiger partial charge in [-0.05, 0) is 32.4 Å². The van der Waals surface area contributed by atoms with Crippen LogP contribution in [0.15, 0.2) is 22.7 Å². The van der Waals surface area contributed by atoms with Gasteiger partial charge < -0.3 is 14.6 Å². The number of rotatable bonds is 5. The predicted octanol–water partition coefficient (Wildman–Crippen LogP) is 2.25. The summed E-state index contributed by atoms with van der Waals surface area (Å²) in [6.45, 7) is 9.15. The van der Waals surface area contributed by atoms with Crippen LogP contribution in [0.1, 0.15) is 53.8 Å². The minimum absolute atomic E-state index is 0.0500. The first-order valence-corrected chi connectivity index (χ1v) is 9.05. The molecule has 1 fully saturated rings. The Morgan fingerprint density at radius 1 is 1.31 bits per heavy atom. The lowest BCUT2D eigenvalue weighted by Gasteiger charge is -2.17. The second kappa shape index (κ2) is 7.35. The van der Waals surface area contributed by atoms with E-state index >= 15 is 0 Å². The van der Waals surface area contributed by atoms with Gasteiger partial charge in [0, 0.05) is 32.3 Å². The highest BCUT2D eigenvalue weighted by atomic mass is 16.3. The molecule has 2 aromatic heterocycles. The zero-order valence-corrected chi connectivity index (χ0v) is 15.8. The second-order valence-electron chi connectivity index (χ2n) is 6.94. The average molecular weight is 358 g/mol. The third-order valence-electron chi connectivity index (χ3n) is 4.89. The van der Waals surface area contributed by atoms with Crippen molar-refractivity contribution in [2.45, 2.75) is 52.6 Å². The Balaban J connectivity index is 1.82. The number of aromatic nitrogens is 2. The molecule has 1 aliphatic heterocycles. The maximum Gasteiger partial charge on any atom is 0.257 e. The fourth-order valence-corrected chi connectivity index (χ4v) is 3.58. The number of carbonyl (C=O) groups excluding carboxylic acids is 2. The van der Waals surface area contributed by atoms with E-state index in [2.05, 4.69) is 17.3 Å². The molecule has 0 spiro atoms. The van der Waals surface area contributed by atoms with E-state index in [0.717, 1.165) is 30.2 Å². The molecule has 2 aromatic rings. The van der Waals surface area contributed by atoms with E-state index in [0.29, 0.717) is 18.7 Å². The van der Waals surface area contributed by atoms with Crippen LogP contribution < -0.4 is 5.32 Å². The van der Waals surface area contributed by atoms with Gasteiger partial charge in [0.15, 0.2) is 0 Å². The normalized spacial score (nSPS) is 19.8. The van der Waals surface area contributed by atoms with Crippen molar-refractivity contribution < 1.29 is 14.0 Å². The number of nitrogens with zero attached hydrogens (tertiary/aromatic N) is 3. The van der Waals surface area contributed by atoms with Gasteiger partial charge in [0.2, 0.25) is 5.91 Å². The van der Waals surface area contributed by atoms with Crippen molar-refractivity contribution in [1.29, 1.82) is 0 Å². The van der Waals surface area contributed by atoms with Crippen LogP contribution in [-0.2, 0) is 11.3 Å². The van der Waals surface area contributed by atoms with Crippen molar-refractivity contribution in [3.8, 4) is 0 Å². The molecule has 0 bridgehead atoms. The van der Waals surface area contributed by atoms with Crippen LogP contribution in [0.3, 0.4) is 0 Å². The van der Waals surface area contributed by atoms with Crippen LogP contribution in [0.5, 0.6) is 0 Å². The van der Waals surface area contributed by atoms with E-state index in [-0.39, 0.29) is 23.8 Å². The van der Waals surface area contributed by atoms with E-state index in [1.807, 2.05) is 30.7 Å². The first kappa shape index (κ1) is 18.2. The molecule has 0 aliphatic carbocycles. The maximum atomic E-state index is 13.0. The SMILES string of the molecule is CCCn1ncc(C(=O)N2C[C@H](NC(C)=O)[C@@H](c3ccc(C)o3)C2)c1C. The fourth-order valence-electron chi connectivity index (χ4n) is 3.58. The summed E-state index contributed by atoms with van der Waals surface area (Å²) in [7, 11) is 0. The molecule has 0 saturated carbocycles. The lowest BCUT2D eigenvalue weighted by molar-refractivity contribution is -0.119. The molecule has 7 nitrogen and oxygen atoms in total. The number of carbonyl (C=O) groups is 2. The first-order chi connectivity index (χ1) is 12.4. The lowest BCUT2D eigenvalue weighted by atomic mass is 10.0. The third kappa shape index (κ3) is 3.52. The Morgan fingerprint density at radius 2 is 2.08 bits per heavy atom. The Hall–Kier alpha value is -2.57. The molecule has 0 aromatic carbocycles. The summed E-state index contributed by atoms with van der Waals surface area (Å²) in [6, 6.07) is 3.67. The third-order valence-corrected chi connectivity index (χ3v) is 4.89. The maximum absolute atomic E-state index is 13.0. The van der Waals surface area contributed by atoms with Gasteiger partial charge in [-0.3, -0.25) is 14.3 Å². The van der Waals surface area contributed by atoms with Crippen molar-refractivity contribution in [3.63, 3.8) is 0 Å². The zero-order chi connectivity index (χ0) is 18.8. The van der Waals surface area contributed by atoms with E-state index < -0.39 is 0 Å². The first-order valence-electron chi connectivity index (χ1n) is 9.05. The standard InChI is InChI=1S/C19H26N4O3/c1-5-8-23-13(3)15(9-20-23)19(25)22-10-16(17(11-22)21-14(4)24)18-7-6-12(2)26-18/h6-7,9,16-17H,5,8,10-11H2,1-4H3,(H,21,24)/t16-,17-/m0/s1. The molecule has 1 N–H and O–H groups in total. The van der Waals surface area contributed by atoms with Crippen molar-refractivity contribution in [2.75, 3.05) is 13.1 Å². The number of aryl methyl sites for hydroxylation is 2. The second-order valence-corrected chi connectivity index (χ2v) is 6.94. The van der Waals surface area contributed by atoms with Gasteiger partial charge in [-0.15, -0.1) is 0 Å². The minimum Gasteiger partial charge on any atom is -0.466 e. The predicted molar refractivity (Wildman–Crippen MR) is 96.9 cm³/mol. The van der Waals surface area contributed by atoms with Gasteiger partial charge in [-0.1, -0.05) is 6.92 Å². The molecule has 2 amide bonds. The Morgan fingerprint density at radius 3 is 2.69 bits per heavy atom. The van der Waals surface area contributed by atoms with Gasteiger partial charge in [0.25, 0.3) is 5.91 Å². The van der Waals surface area contributed by atoms with E-state index in [9.17, 15) is 9.59 Å². The summed E-state index contributed by atoms with van der Waals surface area (Å²) in [5.41, 5.74) is 1.50. The zero-order valence-electron chi connectivity index (χ0n) is 15.8. The highest BCUT2D eigenvalue weighted by Crippen LogP contribution is 2.30. The summed E-state index contributed by atoms with van der Waals surface area (Å²) < 4.78 is 7.63. The summed E-state index contributed by atoms with van der Waals surface area (Å²) >= 11 is 0. The highest BCUT2D eigenvalue weighted by molar-refractivity contribution is 5.95. The van der Waals surface area contributed by atoms with Gasteiger partial charge in [-0.25, -0.2) is 0 Å². The topological polar surface area (TPSA) is 80.4 Å². The molecule has 140 valence electrons.